The Morgan fingerprint density at radius 1 is 1.12 bits per heavy atom. The van der Waals surface area contributed by atoms with E-state index in [1.165, 1.54) is 17.7 Å². The third-order valence-electron chi connectivity index (χ3n) is 6.91. The molecule has 2 aromatic heterocycles. The SMILES string of the molecule is CCOC(=O)C1=C(C)N=c2s/c(=C\c3ccc(-c4ccc(C)c([N+](=O)[O-])c4)o3)c(=O)n2[C@H]1c1ccc(OC)c(OCC)c1. The highest BCUT2D eigenvalue weighted by molar-refractivity contribution is 7.07. The van der Waals surface area contributed by atoms with Crippen LogP contribution in [0, 0.1) is 17.0 Å². The lowest BCUT2D eigenvalue weighted by atomic mass is 9.95. The summed E-state index contributed by atoms with van der Waals surface area (Å²) >= 11 is 1.16. The molecular formula is C31H29N3O8S. The maximum atomic E-state index is 13.9. The average Bonchev–Trinajstić information content (AvgIpc) is 3.56. The zero-order valence-electron chi connectivity index (χ0n) is 24.2. The van der Waals surface area contributed by atoms with E-state index < -0.39 is 16.9 Å². The van der Waals surface area contributed by atoms with Gasteiger partial charge in [0.1, 0.15) is 11.5 Å². The van der Waals surface area contributed by atoms with Crippen molar-refractivity contribution in [3.8, 4) is 22.8 Å². The van der Waals surface area contributed by atoms with Gasteiger partial charge >= 0.3 is 5.97 Å². The molecule has 3 heterocycles. The van der Waals surface area contributed by atoms with Crippen LogP contribution in [0.2, 0.25) is 0 Å². The molecule has 0 saturated carbocycles. The molecule has 4 aromatic rings. The minimum absolute atomic E-state index is 0.0115. The molecule has 0 aliphatic carbocycles. The molecule has 1 aliphatic heterocycles. The maximum Gasteiger partial charge on any atom is 0.338 e. The lowest BCUT2D eigenvalue weighted by molar-refractivity contribution is -0.385. The number of fused-ring (bicyclic) bond motifs is 1. The minimum atomic E-state index is -0.831. The number of carbonyl (C=O) groups is 1. The lowest BCUT2D eigenvalue weighted by Crippen LogP contribution is -2.39. The molecule has 43 heavy (non-hydrogen) atoms. The average molecular weight is 604 g/mol. The van der Waals surface area contributed by atoms with Gasteiger partial charge in [0.15, 0.2) is 16.3 Å². The summed E-state index contributed by atoms with van der Waals surface area (Å²) in [5, 5.41) is 11.4. The molecule has 1 atom stereocenters. The van der Waals surface area contributed by atoms with Crippen LogP contribution in [-0.4, -0.2) is 35.8 Å². The number of ether oxygens (including phenoxy) is 3. The summed E-state index contributed by atoms with van der Waals surface area (Å²) in [5.41, 5.74) is 2.00. The smallest absolute Gasteiger partial charge is 0.338 e. The Hall–Kier alpha value is -4.97. The van der Waals surface area contributed by atoms with Gasteiger partial charge in [0.2, 0.25) is 0 Å². The van der Waals surface area contributed by atoms with Crippen molar-refractivity contribution in [3.05, 3.63) is 106 Å². The number of aromatic nitrogens is 1. The number of allylic oxidation sites excluding steroid dienone is 1. The van der Waals surface area contributed by atoms with E-state index >= 15 is 0 Å². The number of nitro groups is 1. The van der Waals surface area contributed by atoms with E-state index in [-0.39, 0.29) is 23.4 Å². The number of hydrogen-bond acceptors (Lipinski definition) is 10. The summed E-state index contributed by atoms with van der Waals surface area (Å²) in [6.07, 6.45) is 1.59. The van der Waals surface area contributed by atoms with Gasteiger partial charge in [-0.25, -0.2) is 9.79 Å². The fourth-order valence-electron chi connectivity index (χ4n) is 4.91. The molecule has 0 N–H and O–H groups in total. The van der Waals surface area contributed by atoms with E-state index in [1.54, 1.807) is 69.3 Å². The largest absolute Gasteiger partial charge is 0.493 e. The van der Waals surface area contributed by atoms with Crippen LogP contribution < -0.4 is 24.4 Å². The van der Waals surface area contributed by atoms with E-state index in [0.717, 1.165) is 11.3 Å². The topological polar surface area (TPSA) is 135 Å². The molecule has 1 aliphatic rings. The molecule has 5 rings (SSSR count). The molecule has 11 nitrogen and oxygen atoms in total. The van der Waals surface area contributed by atoms with Crippen molar-refractivity contribution < 1.29 is 28.3 Å². The Kier molecular flexibility index (Phi) is 8.31. The van der Waals surface area contributed by atoms with Gasteiger partial charge in [-0.3, -0.25) is 19.5 Å². The molecule has 0 amide bonds. The second-order valence-corrected chi connectivity index (χ2v) is 10.6. The van der Waals surface area contributed by atoms with Gasteiger partial charge in [-0.15, -0.1) is 0 Å². The zero-order valence-corrected chi connectivity index (χ0v) is 25.0. The fraction of sp³-hybridized carbons (Fsp3) is 0.258. The summed E-state index contributed by atoms with van der Waals surface area (Å²) in [6.45, 7) is 7.49. The molecule has 0 radical (unpaired) electrons. The van der Waals surface area contributed by atoms with E-state index in [1.807, 2.05) is 6.92 Å². The first-order chi connectivity index (χ1) is 20.7. The number of thiazole rings is 1. The van der Waals surface area contributed by atoms with Gasteiger partial charge in [0, 0.05) is 23.3 Å². The molecule has 0 fully saturated rings. The number of aryl methyl sites for hydroxylation is 1. The number of nitro benzene ring substituents is 1. The molecule has 0 spiro atoms. The van der Waals surface area contributed by atoms with Crippen molar-refractivity contribution in [1.29, 1.82) is 0 Å². The van der Waals surface area contributed by atoms with Gasteiger partial charge in [-0.2, -0.15) is 0 Å². The highest BCUT2D eigenvalue weighted by atomic mass is 32.1. The van der Waals surface area contributed by atoms with E-state index in [9.17, 15) is 19.7 Å². The third-order valence-corrected chi connectivity index (χ3v) is 7.89. The zero-order chi connectivity index (χ0) is 30.8. The summed E-state index contributed by atoms with van der Waals surface area (Å²) < 4.78 is 24.3. The van der Waals surface area contributed by atoms with Crippen LogP contribution in [0.15, 0.2) is 74.0 Å². The first-order valence-corrected chi connectivity index (χ1v) is 14.3. The quantitative estimate of drug-likeness (QED) is 0.153. The highest BCUT2D eigenvalue weighted by Crippen LogP contribution is 2.36. The van der Waals surface area contributed by atoms with Gasteiger partial charge in [0.05, 0.1) is 47.1 Å². The first kappa shape index (κ1) is 29.5. The lowest BCUT2D eigenvalue weighted by Gasteiger charge is -2.25. The first-order valence-electron chi connectivity index (χ1n) is 13.5. The van der Waals surface area contributed by atoms with Crippen LogP contribution >= 0.6 is 11.3 Å². The number of hydrogen-bond donors (Lipinski definition) is 0. The van der Waals surface area contributed by atoms with Crippen LogP contribution in [0.3, 0.4) is 0 Å². The van der Waals surface area contributed by atoms with E-state index in [2.05, 4.69) is 4.99 Å². The number of nitrogens with zero attached hydrogens (tertiary/aromatic N) is 3. The monoisotopic (exact) mass is 603 g/mol. The van der Waals surface area contributed by atoms with Crippen LogP contribution in [-0.2, 0) is 9.53 Å². The Morgan fingerprint density at radius 3 is 2.60 bits per heavy atom. The number of carbonyl (C=O) groups excluding carboxylic acids is 1. The molecule has 222 valence electrons. The number of rotatable bonds is 9. The van der Waals surface area contributed by atoms with Gasteiger partial charge in [-0.1, -0.05) is 29.5 Å². The van der Waals surface area contributed by atoms with Gasteiger partial charge in [0.25, 0.3) is 11.2 Å². The molecule has 0 saturated heterocycles. The Bertz CT molecular complexity index is 1950. The Labute approximate surface area is 250 Å². The van der Waals surface area contributed by atoms with Crippen LogP contribution in [0.1, 0.15) is 43.7 Å². The Morgan fingerprint density at radius 2 is 1.91 bits per heavy atom. The predicted octanol–water partition coefficient (Wildman–Crippen LogP) is 4.68. The van der Waals surface area contributed by atoms with Crippen molar-refractivity contribution in [2.24, 2.45) is 4.99 Å². The summed E-state index contributed by atoms with van der Waals surface area (Å²) in [6, 6.07) is 12.7. The van der Waals surface area contributed by atoms with Crippen molar-refractivity contribution in [3.63, 3.8) is 0 Å². The number of furan rings is 1. The number of esters is 1. The standard InChI is InChI=1S/C31H29N3O8S/c1-6-40-25-15-20(10-12-24(25)39-5)28-27(30(36)41-7-2)18(4)32-31-33(28)29(35)26(43-31)16-21-11-13-23(42-21)19-9-8-17(3)22(14-19)34(37)38/h8-16,28H,6-7H2,1-5H3/b26-16-/t28-/m0/s1. The maximum absolute atomic E-state index is 13.9. The van der Waals surface area contributed by atoms with E-state index in [4.69, 9.17) is 18.6 Å². The fourth-order valence-corrected chi connectivity index (χ4v) is 5.94. The second-order valence-electron chi connectivity index (χ2n) is 9.61. The molecule has 12 heteroatoms. The van der Waals surface area contributed by atoms with E-state index in [0.29, 0.717) is 61.3 Å². The van der Waals surface area contributed by atoms with Gasteiger partial charge in [-0.05, 0) is 57.5 Å². The van der Waals surface area contributed by atoms with Crippen LogP contribution in [0.5, 0.6) is 11.5 Å². The Balaban J connectivity index is 1.63. The highest BCUT2D eigenvalue weighted by Gasteiger charge is 2.34. The third kappa shape index (κ3) is 5.61. The molecule has 0 bridgehead atoms. The normalized spacial score (nSPS) is 14.7. The summed E-state index contributed by atoms with van der Waals surface area (Å²) in [5.74, 6) is 1.22. The van der Waals surface area contributed by atoms with Crippen molar-refractivity contribution >= 4 is 29.1 Å². The van der Waals surface area contributed by atoms with Crippen LogP contribution in [0.25, 0.3) is 17.4 Å². The molecule has 0 unspecified atom stereocenters. The van der Waals surface area contributed by atoms with Crippen molar-refractivity contribution in [2.75, 3.05) is 20.3 Å². The molecular weight excluding hydrogens is 574 g/mol. The number of benzene rings is 2. The van der Waals surface area contributed by atoms with Crippen LogP contribution in [0.4, 0.5) is 5.69 Å². The summed E-state index contributed by atoms with van der Waals surface area (Å²) in [4.78, 5) is 43.1. The predicted molar refractivity (Wildman–Crippen MR) is 160 cm³/mol. The van der Waals surface area contributed by atoms with Crippen molar-refractivity contribution in [2.45, 2.75) is 33.7 Å². The minimum Gasteiger partial charge on any atom is -0.493 e. The molecule has 2 aromatic carbocycles. The van der Waals surface area contributed by atoms with Gasteiger partial charge < -0.3 is 18.6 Å². The summed E-state index contributed by atoms with van der Waals surface area (Å²) in [7, 11) is 1.54. The van der Waals surface area contributed by atoms with Crippen molar-refractivity contribution in [1.82, 2.24) is 4.57 Å². The number of methoxy groups -OCH3 is 1. The second kappa shape index (κ2) is 12.1.